The number of halogens is 4. The Morgan fingerprint density at radius 2 is 1.95 bits per heavy atom. The van der Waals surface area contributed by atoms with Crippen molar-refractivity contribution >= 4 is 29.9 Å². The van der Waals surface area contributed by atoms with Gasteiger partial charge in [-0.05, 0) is 32.7 Å². The van der Waals surface area contributed by atoms with Crippen molar-refractivity contribution in [2.75, 3.05) is 39.8 Å². The smallest absolute Gasteiger partial charge is 0.357 e. The van der Waals surface area contributed by atoms with E-state index < -0.39 is 12.7 Å². The van der Waals surface area contributed by atoms with E-state index >= 15 is 0 Å². The molecule has 0 aromatic carbocycles. The summed E-state index contributed by atoms with van der Waals surface area (Å²) in [6.07, 6.45) is -1.67. The number of nitrogens with one attached hydrogen (secondary N) is 2. The van der Waals surface area contributed by atoms with Gasteiger partial charge >= 0.3 is 6.18 Å². The first kappa shape index (κ1) is 19.8. The molecule has 0 amide bonds. The fourth-order valence-electron chi connectivity index (χ4n) is 1.61. The van der Waals surface area contributed by atoms with Crippen molar-refractivity contribution in [3.63, 3.8) is 0 Å². The van der Waals surface area contributed by atoms with Gasteiger partial charge in [0.1, 0.15) is 0 Å². The number of hydrogen-bond acceptors (Lipinski definition) is 2. The van der Waals surface area contributed by atoms with Gasteiger partial charge in [-0.2, -0.15) is 13.2 Å². The quantitative estimate of drug-likeness (QED) is 0.385. The van der Waals surface area contributed by atoms with Gasteiger partial charge in [0.2, 0.25) is 0 Å². The zero-order valence-electron chi connectivity index (χ0n) is 12.0. The van der Waals surface area contributed by atoms with E-state index in [0.29, 0.717) is 25.0 Å². The zero-order valence-corrected chi connectivity index (χ0v) is 14.3. The van der Waals surface area contributed by atoms with Gasteiger partial charge < -0.3 is 10.6 Å². The summed E-state index contributed by atoms with van der Waals surface area (Å²) in [5.41, 5.74) is 0. The molecule has 1 aliphatic carbocycles. The van der Waals surface area contributed by atoms with Crippen LogP contribution in [-0.2, 0) is 0 Å². The Bertz CT molecular complexity index is 293. The highest BCUT2D eigenvalue weighted by molar-refractivity contribution is 14.0. The molecule has 0 spiro atoms. The van der Waals surface area contributed by atoms with Gasteiger partial charge in [-0.3, -0.25) is 9.89 Å². The van der Waals surface area contributed by atoms with Crippen LogP contribution in [0.2, 0.25) is 0 Å². The highest BCUT2D eigenvalue weighted by Crippen LogP contribution is 2.28. The lowest BCUT2D eigenvalue weighted by Gasteiger charge is -2.19. The molecule has 0 heterocycles. The number of alkyl halides is 3. The first-order chi connectivity index (χ1) is 8.90. The molecule has 0 radical (unpaired) electrons. The molecule has 1 aliphatic rings. The molecule has 0 aliphatic heterocycles. The van der Waals surface area contributed by atoms with Gasteiger partial charge in [0.25, 0.3) is 0 Å². The molecule has 0 bridgehead atoms. The lowest BCUT2D eigenvalue weighted by molar-refractivity contribution is -0.142. The maximum atomic E-state index is 12.1. The summed E-state index contributed by atoms with van der Waals surface area (Å²) < 4.78 is 36.4. The van der Waals surface area contributed by atoms with E-state index in [1.54, 1.807) is 0 Å². The van der Waals surface area contributed by atoms with E-state index in [0.717, 1.165) is 13.1 Å². The number of likely N-dealkylation sites (N-methyl/N-ethyl adjacent to an activating group) is 1. The Morgan fingerprint density at radius 1 is 1.30 bits per heavy atom. The largest absolute Gasteiger partial charge is 0.401 e. The van der Waals surface area contributed by atoms with Crippen molar-refractivity contribution in [1.29, 1.82) is 0 Å². The van der Waals surface area contributed by atoms with Crippen LogP contribution in [-0.4, -0.2) is 56.8 Å². The third-order valence-corrected chi connectivity index (χ3v) is 2.78. The summed E-state index contributed by atoms with van der Waals surface area (Å²) in [5.74, 6) is 1.39. The van der Waals surface area contributed by atoms with Crippen LogP contribution in [0.25, 0.3) is 0 Å². The van der Waals surface area contributed by atoms with Crippen LogP contribution >= 0.6 is 24.0 Å². The second-order valence-electron chi connectivity index (χ2n) is 4.94. The first-order valence-electron chi connectivity index (χ1n) is 6.68. The summed E-state index contributed by atoms with van der Waals surface area (Å²) in [6.45, 7) is 3.40. The number of guanidine groups is 1. The number of rotatable bonds is 7. The molecule has 0 saturated heterocycles. The monoisotopic (exact) mass is 408 g/mol. The minimum atomic E-state index is -4.14. The molecule has 4 nitrogen and oxygen atoms in total. The molecule has 20 heavy (non-hydrogen) atoms. The third-order valence-electron chi connectivity index (χ3n) is 2.78. The fourth-order valence-corrected chi connectivity index (χ4v) is 1.61. The van der Waals surface area contributed by atoms with E-state index in [1.807, 2.05) is 6.92 Å². The molecular formula is C12H24F3IN4. The summed E-state index contributed by atoms with van der Waals surface area (Å²) in [4.78, 5) is 5.65. The minimum Gasteiger partial charge on any atom is -0.357 e. The molecule has 1 rings (SSSR count). The van der Waals surface area contributed by atoms with E-state index in [1.165, 1.54) is 24.8 Å². The first-order valence-corrected chi connectivity index (χ1v) is 6.68. The van der Waals surface area contributed by atoms with Gasteiger partial charge in [0.15, 0.2) is 5.96 Å². The minimum absolute atomic E-state index is 0. The van der Waals surface area contributed by atoms with Crippen LogP contribution in [0.3, 0.4) is 0 Å². The van der Waals surface area contributed by atoms with Crippen LogP contribution in [0.4, 0.5) is 13.2 Å². The van der Waals surface area contributed by atoms with Crippen molar-refractivity contribution < 1.29 is 13.2 Å². The van der Waals surface area contributed by atoms with E-state index in [4.69, 9.17) is 0 Å². The van der Waals surface area contributed by atoms with Gasteiger partial charge in [-0.1, -0.05) is 0 Å². The SMILES string of the molecule is CCNC(=NCC1CC1)NCCN(C)CC(F)(F)F.I. The number of aliphatic imine (C=N–C) groups is 1. The van der Waals surface area contributed by atoms with Gasteiger partial charge in [-0.25, -0.2) is 0 Å². The van der Waals surface area contributed by atoms with Crippen LogP contribution in [0.15, 0.2) is 4.99 Å². The van der Waals surface area contributed by atoms with Crippen molar-refractivity contribution in [1.82, 2.24) is 15.5 Å². The predicted octanol–water partition coefficient (Wildman–Crippen LogP) is 2.06. The number of nitrogens with zero attached hydrogens (tertiary/aromatic N) is 2. The maximum absolute atomic E-state index is 12.1. The molecular weight excluding hydrogens is 384 g/mol. The average molecular weight is 408 g/mol. The second kappa shape index (κ2) is 9.64. The Kier molecular flexibility index (Phi) is 9.52. The van der Waals surface area contributed by atoms with Crippen LogP contribution in [0.5, 0.6) is 0 Å². The van der Waals surface area contributed by atoms with Gasteiger partial charge in [0, 0.05) is 26.2 Å². The Morgan fingerprint density at radius 3 is 2.45 bits per heavy atom. The molecule has 1 saturated carbocycles. The van der Waals surface area contributed by atoms with E-state index in [-0.39, 0.29) is 24.0 Å². The van der Waals surface area contributed by atoms with Gasteiger partial charge in [-0.15, -0.1) is 24.0 Å². The highest BCUT2D eigenvalue weighted by Gasteiger charge is 2.28. The van der Waals surface area contributed by atoms with Crippen molar-refractivity contribution in [2.24, 2.45) is 10.9 Å². The molecule has 2 N–H and O–H groups in total. The van der Waals surface area contributed by atoms with E-state index in [9.17, 15) is 13.2 Å². The standard InChI is InChI=1S/C12H23F3N4.HI/c1-3-16-11(18-8-10-4-5-10)17-6-7-19(2)9-12(13,14)15;/h10H,3-9H2,1-2H3,(H2,16,17,18);1H. The third kappa shape index (κ3) is 10.5. The van der Waals surface area contributed by atoms with Crippen molar-refractivity contribution in [3.8, 4) is 0 Å². The fraction of sp³-hybridized carbons (Fsp3) is 0.917. The molecule has 0 aromatic rings. The van der Waals surface area contributed by atoms with Crippen LogP contribution < -0.4 is 10.6 Å². The second-order valence-corrected chi connectivity index (χ2v) is 4.94. The molecule has 0 atom stereocenters. The molecule has 120 valence electrons. The van der Waals surface area contributed by atoms with Crippen LogP contribution in [0, 0.1) is 5.92 Å². The topological polar surface area (TPSA) is 39.7 Å². The molecule has 1 fully saturated rings. The molecule has 8 heteroatoms. The summed E-state index contributed by atoms with van der Waals surface area (Å²) in [5, 5.41) is 6.14. The number of hydrogen-bond donors (Lipinski definition) is 2. The zero-order chi connectivity index (χ0) is 14.3. The average Bonchev–Trinajstić information content (AvgIpc) is 3.07. The normalized spacial score (nSPS) is 16.0. The Labute approximate surface area is 135 Å². The Balaban J connectivity index is 0.00000361. The van der Waals surface area contributed by atoms with Crippen molar-refractivity contribution in [2.45, 2.75) is 25.9 Å². The molecule has 0 unspecified atom stereocenters. The summed E-state index contributed by atoms with van der Waals surface area (Å²) in [7, 11) is 1.46. The van der Waals surface area contributed by atoms with Crippen LogP contribution in [0.1, 0.15) is 19.8 Å². The maximum Gasteiger partial charge on any atom is 0.401 e. The summed E-state index contributed by atoms with van der Waals surface area (Å²) in [6, 6.07) is 0. The highest BCUT2D eigenvalue weighted by atomic mass is 127. The van der Waals surface area contributed by atoms with Gasteiger partial charge in [0.05, 0.1) is 6.54 Å². The van der Waals surface area contributed by atoms with Crippen molar-refractivity contribution in [3.05, 3.63) is 0 Å². The Hall–Kier alpha value is -0.250. The van der Waals surface area contributed by atoms with E-state index in [2.05, 4.69) is 15.6 Å². The molecule has 0 aromatic heterocycles. The lowest BCUT2D eigenvalue weighted by atomic mass is 10.4. The summed E-state index contributed by atoms with van der Waals surface area (Å²) >= 11 is 0. The predicted molar refractivity (Wildman–Crippen MR) is 85.7 cm³/mol. The lowest BCUT2D eigenvalue weighted by Crippen LogP contribution is -2.42.